The summed E-state index contributed by atoms with van der Waals surface area (Å²) in [6.45, 7) is 0. The highest BCUT2D eigenvalue weighted by Gasteiger charge is 2.54. The molecule has 1 N–H and O–H groups in total. The van der Waals surface area contributed by atoms with Crippen molar-refractivity contribution in [2.45, 2.75) is 18.4 Å². The van der Waals surface area contributed by atoms with E-state index in [9.17, 15) is 9.90 Å². The van der Waals surface area contributed by atoms with Crippen molar-refractivity contribution in [3.05, 3.63) is 132 Å². The first kappa shape index (κ1) is 24.0. The van der Waals surface area contributed by atoms with Gasteiger partial charge in [-0.1, -0.05) is 103 Å². The summed E-state index contributed by atoms with van der Waals surface area (Å²) >= 11 is 0. The molecule has 0 heterocycles. The summed E-state index contributed by atoms with van der Waals surface area (Å²) in [6, 6.07) is 34.5. The zero-order valence-electron chi connectivity index (χ0n) is 20.0. The van der Waals surface area contributed by atoms with Gasteiger partial charge in [-0.3, -0.25) is 4.79 Å². The smallest absolute Gasteiger partial charge is 0.194 e. The highest BCUT2D eigenvalue weighted by molar-refractivity contribution is 7.82. The predicted molar refractivity (Wildman–Crippen MR) is 145 cm³/mol. The van der Waals surface area contributed by atoms with Gasteiger partial charge in [0.15, 0.2) is 12.9 Å². The summed E-state index contributed by atoms with van der Waals surface area (Å²) in [5.74, 6) is 0.370. The fourth-order valence-electron chi connectivity index (χ4n) is 4.59. The van der Waals surface area contributed by atoms with E-state index in [-0.39, 0.29) is 11.4 Å². The molecular formula is C31H27O4P. The fraction of sp³-hybridized carbons (Fsp3) is 0.129. The predicted octanol–water partition coefficient (Wildman–Crippen LogP) is 5.83. The van der Waals surface area contributed by atoms with Gasteiger partial charge in [-0.15, -0.1) is 0 Å². The second-order valence-electron chi connectivity index (χ2n) is 8.96. The lowest BCUT2D eigenvalue weighted by Gasteiger charge is -2.29. The van der Waals surface area contributed by atoms with Gasteiger partial charge in [-0.25, -0.2) is 0 Å². The molecule has 0 aliphatic heterocycles. The molecule has 36 heavy (non-hydrogen) atoms. The molecule has 0 radical (unpaired) electrons. The van der Waals surface area contributed by atoms with Crippen LogP contribution in [0.5, 0.6) is 5.75 Å². The van der Waals surface area contributed by atoms with Gasteiger partial charge in [0.05, 0.1) is 12.7 Å². The number of hydrogen-bond donors (Lipinski definition) is 1. The first-order valence-corrected chi connectivity index (χ1v) is 13.6. The van der Waals surface area contributed by atoms with Crippen molar-refractivity contribution < 1.29 is 19.2 Å². The van der Waals surface area contributed by atoms with Crippen LogP contribution in [0.3, 0.4) is 0 Å². The molecule has 5 rings (SSSR count). The molecule has 0 saturated heterocycles. The number of aliphatic hydroxyl groups is 1. The normalized spacial score (nSPS) is 15.1. The van der Waals surface area contributed by atoms with Crippen LogP contribution in [0.2, 0.25) is 0 Å². The molecule has 0 aromatic heterocycles. The minimum absolute atomic E-state index is 0.275. The van der Waals surface area contributed by atoms with E-state index in [1.54, 1.807) is 55.6 Å². The lowest BCUT2D eigenvalue weighted by molar-refractivity contribution is 0.105. The molecule has 5 heteroatoms. The third kappa shape index (κ3) is 4.35. The maximum absolute atomic E-state index is 15.5. The Bertz CT molecular complexity index is 1400. The van der Waals surface area contributed by atoms with Gasteiger partial charge < -0.3 is 14.4 Å². The molecule has 4 aromatic carbocycles. The zero-order valence-corrected chi connectivity index (χ0v) is 20.9. The lowest BCUT2D eigenvalue weighted by Crippen LogP contribution is -2.27. The van der Waals surface area contributed by atoms with E-state index in [0.29, 0.717) is 45.6 Å². The maximum Gasteiger partial charge on any atom is 0.194 e. The highest BCUT2D eigenvalue weighted by atomic mass is 31.2. The SMILES string of the molecule is COc1ccc(/C(C(=O)c2ccccc2)=C(\C2(O)CC2)P(=O)(c2ccccc2)c2ccccc2)cc1. The van der Waals surface area contributed by atoms with Gasteiger partial charge in [0.1, 0.15) is 5.75 Å². The van der Waals surface area contributed by atoms with E-state index in [2.05, 4.69) is 0 Å². The largest absolute Gasteiger partial charge is 0.497 e. The Labute approximate surface area is 211 Å². The van der Waals surface area contributed by atoms with Gasteiger partial charge in [-0.05, 0) is 30.5 Å². The number of ether oxygens (including phenoxy) is 1. The van der Waals surface area contributed by atoms with Gasteiger partial charge in [-0.2, -0.15) is 0 Å². The number of rotatable bonds is 8. The Balaban J connectivity index is 1.89. The number of Topliss-reactive ketones (excluding diaryl/α,β-unsaturated/α-hetero) is 1. The molecule has 4 nitrogen and oxygen atoms in total. The van der Waals surface area contributed by atoms with Crippen LogP contribution < -0.4 is 15.3 Å². The van der Waals surface area contributed by atoms with Crippen molar-refractivity contribution >= 4 is 29.1 Å². The summed E-state index contributed by atoms with van der Waals surface area (Å²) in [7, 11) is -2.05. The van der Waals surface area contributed by atoms with Gasteiger partial charge >= 0.3 is 0 Å². The Morgan fingerprint density at radius 3 is 1.64 bits per heavy atom. The number of carbonyl (C=O) groups excluding carboxylic acids is 1. The quantitative estimate of drug-likeness (QED) is 0.190. The second kappa shape index (κ2) is 9.73. The number of carbonyl (C=O) groups is 1. The highest BCUT2D eigenvalue weighted by Crippen LogP contribution is 2.64. The summed E-state index contributed by atoms with van der Waals surface area (Å²) in [5.41, 5.74) is -0.00863. The molecule has 1 aliphatic carbocycles. The number of hydrogen-bond acceptors (Lipinski definition) is 4. The van der Waals surface area contributed by atoms with Crippen LogP contribution in [0.1, 0.15) is 28.8 Å². The molecule has 0 bridgehead atoms. The Hall–Kier alpha value is -3.72. The standard InChI is InChI=1S/C31H27O4P/c1-35-25-19-17-23(18-20-25)28(29(32)24-11-5-2-6-12-24)30(31(33)21-22-31)36(34,26-13-7-3-8-14-26)27-15-9-4-10-16-27/h2-20,33H,21-22H2,1H3/b30-28-. The second-order valence-corrected chi connectivity index (χ2v) is 11.7. The van der Waals surface area contributed by atoms with Crippen LogP contribution in [-0.2, 0) is 4.57 Å². The van der Waals surface area contributed by atoms with E-state index in [1.165, 1.54) is 0 Å². The molecule has 0 unspecified atom stereocenters. The number of allylic oxidation sites excluding steroid dienone is 1. The van der Waals surface area contributed by atoms with Crippen LogP contribution in [0, 0.1) is 0 Å². The maximum atomic E-state index is 15.5. The minimum atomic E-state index is -3.63. The van der Waals surface area contributed by atoms with Crippen LogP contribution >= 0.6 is 7.14 Å². The average molecular weight is 495 g/mol. The first-order valence-electron chi connectivity index (χ1n) is 11.9. The monoisotopic (exact) mass is 494 g/mol. The Morgan fingerprint density at radius 2 is 1.19 bits per heavy atom. The fourth-order valence-corrected chi connectivity index (χ4v) is 7.94. The number of methoxy groups -OCH3 is 1. The van der Waals surface area contributed by atoms with E-state index >= 15 is 4.57 Å². The van der Waals surface area contributed by atoms with Gasteiger partial charge in [0, 0.05) is 27.1 Å². The summed E-state index contributed by atoms with van der Waals surface area (Å²) in [6.07, 6.45) is 0.876. The Kier molecular flexibility index (Phi) is 6.49. The molecule has 180 valence electrons. The van der Waals surface area contributed by atoms with E-state index < -0.39 is 12.7 Å². The first-order chi connectivity index (χ1) is 17.5. The van der Waals surface area contributed by atoms with Crippen molar-refractivity contribution in [2.75, 3.05) is 7.11 Å². The molecule has 1 fully saturated rings. The van der Waals surface area contributed by atoms with Crippen molar-refractivity contribution in [1.82, 2.24) is 0 Å². The van der Waals surface area contributed by atoms with Crippen LogP contribution in [0.4, 0.5) is 0 Å². The molecular weight excluding hydrogens is 467 g/mol. The number of ketones is 1. The molecule has 1 aliphatic rings. The van der Waals surface area contributed by atoms with Crippen molar-refractivity contribution in [2.24, 2.45) is 0 Å². The van der Waals surface area contributed by atoms with Crippen molar-refractivity contribution in [1.29, 1.82) is 0 Å². The third-order valence-corrected chi connectivity index (χ3v) is 9.92. The lowest BCUT2D eigenvalue weighted by atomic mass is 9.94. The summed E-state index contributed by atoms with van der Waals surface area (Å²) in [4.78, 5) is 14.2. The zero-order chi connectivity index (χ0) is 25.2. The third-order valence-electron chi connectivity index (χ3n) is 6.60. The van der Waals surface area contributed by atoms with Crippen molar-refractivity contribution in [3.8, 4) is 5.75 Å². The average Bonchev–Trinajstić information content (AvgIpc) is 3.70. The topological polar surface area (TPSA) is 63.6 Å². The molecule has 0 atom stereocenters. The molecule has 1 saturated carbocycles. The van der Waals surface area contributed by atoms with Crippen LogP contribution in [0.25, 0.3) is 5.57 Å². The number of benzene rings is 4. The van der Waals surface area contributed by atoms with E-state index in [0.717, 1.165) is 0 Å². The van der Waals surface area contributed by atoms with Gasteiger partial charge in [0.25, 0.3) is 0 Å². The summed E-state index contributed by atoms with van der Waals surface area (Å²) < 4.78 is 20.8. The van der Waals surface area contributed by atoms with Crippen LogP contribution in [0.15, 0.2) is 121 Å². The van der Waals surface area contributed by atoms with Crippen molar-refractivity contribution in [3.63, 3.8) is 0 Å². The van der Waals surface area contributed by atoms with E-state index in [1.807, 2.05) is 66.7 Å². The molecule has 0 amide bonds. The van der Waals surface area contributed by atoms with Gasteiger partial charge in [0.2, 0.25) is 0 Å². The summed E-state index contributed by atoms with van der Waals surface area (Å²) in [5, 5.41) is 13.2. The minimum Gasteiger partial charge on any atom is -0.497 e. The van der Waals surface area contributed by atoms with E-state index in [4.69, 9.17) is 4.74 Å². The Morgan fingerprint density at radius 1 is 0.722 bits per heavy atom. The molecule has 4 aromatic rings. The molecule has 0 spiro atoms. The van der Waals surface area contributed by atoms with Crippen LogP contribution in [-0.4, -0.2) is 23.6 Å².